The first-order valence-electron chi connectivity index (χ1n) is 8.53. The molecule has 0 unspecified atom stereocenters. The topological polar surface area (TPSA) is 55.2 Å². The van der Waals surface area contributed by atoms with E-state index in [9.17, 15) is 8.42 Å². The first-order chi connectivity index (χ1) is 11.5. The third kappa shape index (κ3) is 4.24. The number of sulfone groups is 1. The maximum Gasteiger partial charge on any atom is 0.178 e. The minimum Gasteiger partial charge on any atom is -0.303 e. The number of hydrogen-bond acceptors (Lipinski definition) is 4. The number of rotatable bonds is 6. The van der Waals surface area contributed by atoms with Crippen molar-refractivity contribution in [1.82, 2.24) is 14.7 Å². The number of nitrogens with zero attached hydrogens (tertiary/aromatic N) is 3. The van der Waals surface area contributed by atoms with Gasteiger partial charge in [0, 0.05) is 13.2 Å². The lowest BCUT2D eigenvalue weighted by Gasteiger charge is -2.31. The van der Waals surface area contributed by atoms with E-state index in [1.807, 2.05) is 24.0 Å². The van der Waals surface area contributed by atoms with Gasteiger partial charge >= 0.3 is 0 Å². The summed E-state index contributed by atoms with van der Waals surface area (Å²) in [7, 11) is -1.20. The summed E-state index contributed by atoms with van der Waals surface area (Å²) < 4.78 is 26.4. The van der Waals surface area contributed by atoms with Crippen LogP contribution < -0.4 is 0 Å². The van der Waals surface area contributed by atoms with Crippen molar-refractivity contribution in [2.75, 3.05) is 25.4 Å². The summed E-state index contributed by atoms with van der Waals surface area (Å²) >= 11 is 0. The van der Waals surface area contributed by atoms with Gasteiger partial charge in [-0.15, -0.1) is 0 Å². The summed E-state index contributed by atoms with van der Waals surface area (Å²) in [6, 6.07) is 8.74. The summed E-state index contributed by atoms with van der Waals surface area (Å²) in [5.41, 5.74) is 1.32. The Kier molecular flexibility index (Phi) is 5.36. The highest BCUT2D eigenvalue weighted by atomic mass is 32.2. The van der Waals surface area contributed by atoms with Gasteiger partial charge in [-0.1, -0.05) is 18.2 Å². The molecule has 0 saturated carbocycles. The van der Waals surface area contributed by atoms with Gasteiger partial charge in [-0.3, -0.25) is 4.68 Å². The normalized spacial score (nSPS) is 17.2. The van der Waals surface area contributed by atoms with Crippen LogP contribution in [0.5, 0.6) is 0 Å². The van der Waals surface area contributed by atoms with E-state index in [0.29, 0.717) is 17.2 Å². The van der Waals surface area contributed by atoms with Crippen LogP contribution in [0.1, 0.15) is 30.7 Å². The van der Waals surface area contributed by atoms with Crippen LogP contribution in [-0.4, -0.2) is 48.5 Å². The predicted octanol–water partition coefficient (Wildman–Crippen LogP) is 2.46. The van der Waals surface area contributed by atoms with Crippen LogP contribution in [0.25, 0.3) is 0 Å². The molecule has 1 fully saturated rings. The van der Waals surface area contributed by atoms with Crippen LogP contribution >= 0.6 is 0 Å². The lowest BCUT2D eigenvalue weighted by molar-refractivity contribution is 0.213. The van der Waals surface area contributed by atoms with Crippen molar-refractivity contribution in [2.24, 2.45) is 7.05 Å². The second kappa shape index (κ2) is 7.49. The fourth-order valence-corrected chi connectivity index (χ4v) is 4.68. The molecule has 3 rings (SSSR count). The molecule has 1 aliphatic heterocycles. The number of likely N-dealkylation sites (tertiary alicyclic amines) is 1. The van der Waals surface area contributed by atoms with Gasteiger partial charge in [0.2, 0.25) is 0 Å². The van der Waals surface area contributed by atoms with Crippen LogP contribution in [-0.2, 0) is 16.9 Å². The lowest BCUT2D eigenvalue weighted by Crippen LogP contribution is -2.34. The van der Waals surface area contributed by atoms with E-state index in [-0.39, 0.29) is 5.75 Å². The highest BCUT2D eigenvalue weighted by Gasteiger charge is 2.22. The van der Waals surface area contributed by atoms with E-state index in [2.05, 4.69) is 16.2 Å². The van der Waals surface area contributed by atoms with E-state index in [1.54, 1.807) is 24.3 Å². The second-order valence-electron chi connectivity index (χ2n) is 6.55. The molecule has 1 aliphatic rings. The Morgan fingerprint density at radius 2 is 1.88 bits per heavy atom. The Morgan fingerprint density at radius 1 is 1.17 bits per heavy atom. The Morgan fingerprint density at radius 3 is 2.50 bits per heavy atom. The molecule has 6 heteroatoms. The summed E-state index contributed by atoms with van der Waals surface area (Å²) in [5.74, 6) is 0.808. The fourth-order valence-electron chi connectivity index (χ4n) is 3.36. The maximum atomic E-state index is 12.3. The average Bonchev–Trinajstić information content (AvgIpc) is 3.03. The smallest absolute Gasteiger partial charge is 0.178 e. The molecule has 1 aromatic carbocycles. The standard InChI is InChI=1S/C18H25N3O2S/c1-20-15-17(14-19-20)16-8-11-21(12-9-16)10-5-13-24(22,23)18-6-3-2-4-7-18/h2-4,6-7,14-16H,5,8-13H2,1H3. The third-order valence-electron chi connectivity index (χ3n) is 4.77. The molecule has 0 spiro atoms. The maximum absolute atomic E-state index is 12.3. The zero-order valence-corrected chi connectivity index (χ0v) is 15.0. The van der Waals surface area contributed by atoms with E-state index in [1.165, 1.54) is 5.56 Å². The fraction of sp³-hybridized carbons (Fsp3) is 0.500. The van der Waals surface area contributed by atoms with Gasteiger partial charge in [-0.05, 0) is 62.5 Å². The predicted molar refractivity (Wildman–Crippen MR) is 94.7 cm³/mol. The van der Waals surface area contributed by atoms with Crippen molar-refractivity contribution < 1.29 is 8.42 Å². The molecule has 0 amide bonds. The van der Waals surface area contributed by atoms with Crippen molar-refractivity contribution >= 4 is 9.84 Å². The molecule has 1 aromatic heterocycles. The molecular formula is C18H25N3O2S. The van der Waals surface area contributed by atoms with Crippen molar-refractivity contribution in [3.8, 4) is 0 Å². The third-order valence-corrected chi connectivity index (χ3v) is 6.59. The first-order valence-corrected chi connectivity index (χ1v) is 10.2. The Balaban J connectivity index is 1.44. The van der Waals surface area contributed by atoms with Crippen LogP contribution in [0, 0.1) is 0 Å². The van der Waals surface area contributed by atoms with Crippen LogP contribution in [0.3, 0.4) is 0 Å². The van der Waals surface area contributed by atoms with E-state index < -0.39 is 9.84 Å². The summed E-state index contributed by atoms with van der Waals surface area (Å²) in [4.78, 5) is 2.81. The van der Waals surface area contributed by atoms with Gasteiger partial charge in [0.05, 0.1) is 16.8 Å². The van der Waals surface area contributed by atoms with Crippen LogP contribution in [0.4, 0.5) is 0 Å². The van der Waals surface area contributed by atoms with Gasteiger partial charge in [-0.2, -0.15) is 5.10 Å². The first kappa shape index (κ1) is 17.2. The van der Waals surface area contributed by atoms with Crippen LogP contribution in [0.2, 0.25) is 0 Å². The quantitative estimate of drug-likeness (QED) is 0.805. The van der Waals surface area contributed by atoms with E-state index >= 15 is 0 Å². The summed E-state index contributed by atoms with van der Waals surface area (Å²) in [5, 5.41) is 4.25. The minimum atomic E-state index is -3.15. The largest absolute Gasteiger partial charge is 0.303 e. The van der Waals surface area contributed by atoms with Crippen molar-refractivity contribution in [1.29, 1.82) is 0 Å². The minimum absolute atomic E-state index is 0.222. The van der Waals surface area contributed by atoms with Gasteiger partial charge in [0.15, 0.2) is 9.84 Å². The van der Waals surface area contributed by atoms with E-state index in [4.69, 9.17) is 0 Å². The molecular weight excluding hydrogens is 322 g/mol. The molecule has 24 heavy (non-hydrogen) atoms. The second-order valence-corrected chi connectivity index (χ2v) is 8.66. The number of piperidine rings is 1. The Hall–Kier alpha value is -1.66. The SMILES string of the molecule is Cn1cc(C2CCN(CCCS(=O)(=O)c3ccccc3)CC2)cn1. The molecule has 0 aliphatic carbocycles. The summed E-state index contributed by atoms with van der Waals surface area (Å²) in [6.07, 6.45) is 7.00. The Bertz CT molecular complexity index is 748. The Labute approximate surface area is 144 Å². The lowest BCUT2D eigenvalue weighted by atomic mass is 9.91. The molecule has 0 radical (unpaired) electrons. The molecule has 130 valence electrons. The van der Waals surface area contributed by atoms with Gasteiger partial charge in [0.1, 0.15) is 0 Å². The van der Waals surface area contributed by atoms with Gasteiger partial charge < -0.3 is 4.90 Å². The zero-order chi connectivity index (χ0) is 17.0. The average molecular weight is 347 g/mol. The molecule has 2 aromatic rings. The number of benzene rings is 1. The van der Waals surface area contributed by atoms with Crippen molar-refractivity contribution in [2.45, 2.75) is 30.1 Å². The van der Waals surface area contributed by atoms with Gasteiger partial charge in [-0.25, -0.2) is 8.42 Å². The van der Waals surface area contributed by atoms with Gasteiger partial charge in [0.25, 0.3) is 0 Å². The highest BCUT2D eigenvalue weighted by molar-refractivity contribution is 7.91. The molecule has 0 N–H and O–H groups in total. The van der Waals surface area contributed by atoms with Crippen LogP contribution in [0.15, 0.2) is 47.6 Å². The highest BCUT2D eigenvalue weighted by Crippen LogP contribution is 2.27. The molecule has 0 atom stereocenters. The van der Waals surface area contributed by atoms with Crippen molar-refractivity contribution in [3.05, 3.63) is 48.3 Å². The molecule has 2 heterocycles. The number of hydrogen-bond donors (Lipinski definition) is 0. The van der Waals surface area contributed by atoms with Crippen molar-refractivity contribution in [3.63, 3.8) is 0 Å². The molecule has 1 saturated heterocycles. The van der Waals surface area contributed by atoms with E-state index in [0.717, 1.165) is 32.5 Å². The molecule has 0 bridgehead atoms. The zero-order valence-electron chi connectivity index (χ0n) is 14.1. The number of aryl methyl sites for hydroxylation is 1. The molecule has 5 nitrogen and oxygen atoms in total. The number of aromatic nitrogens is 2. The summed E-state index contributed by atoms with van der Waals surface area (Å²) in [6.45, 7) is 2.92. The monoisotopic (exact) mass is 347 g/mol.